The molecule has 0 saturated carbocycles. The molecule has 32 heavy (non-hydrogen) atoms. The number of benzene rings is 2. The van der Waals surface area contributed by atoms with Crippen molar-refractivity contribution in [3.8, 4) is 11.5 Å². The molecule has 174 valence electrons. The number of ether oxygens (including phenoxy) is 2. The summed E-state index contributed by atoms with van der Waals surface area (Å²) in [6.07, 6.45) is -3.34. The highest BCUT2D eigenvalue weighted by Crippen LogP contribution is 2.21. The number of halogens is 4. The molecule has 2 aromatic carbocycles. The molecular weight excluding hydrogens is 453 g/mol. The van der Waals surface area contributed by atoms with E-state index in [-0.39, 0.29) is 54.8 Å². The van der Waals surface area contributed by atoms with Crippen molar-refractivity contribution < 1.29 is 37.3 Å². The van der Waals surface area contributed by atoms with Crippen LogP contribution in [-0.4, -0.2) is 49.3 Å². The molecule has 7 nitrogen and oxygen atoms in total. The summed E-state index contributed by atoms with van der Waals surface area (Å²) in [5.41, 5.74) is -0.145. The summed E-state index contributed by atoms with van der Waals surface area (Å²) < 4.78 is 48.6. The van der Waals surface area contributed by atoms with Crippen LogP contribution in [0.4, 0.5) is 13.2 Å². The van der Waals surface area contributed by atoms with Gasteiger partial charge in [-0.25, -0.2) is 13.2 Å². The van der Waals surface area contributed by atoms with Crippen molar-refractivity contribution in [3.05, 3.63) is 58.9 Å². The van der Waals surface area contributed by atoms with Gasteiger partial charge in [-0.05, 0) is 42.8 Å². The molecule has 0 unspecified atom stereocenters. The second kappa shape index (κ2) is 12.8. The summed E-state index contributed by atoms with van der Waals surface area (Å²) >= 11 is 5.56. The summed E-state index contributed by atoms with van der Waals surface area (Å²) in [5.74, 6) is -1.23. The van der Waals surface area contributed by atoms with Crippen LogP contribution in [0.3, 0.4) is 0 Å². The van der Waals surface area contributed by atoms with Crippen LogP contribution in [0.2, 0.25) is 5.02 Å². The lowest BCUT2D eigenvalue weighted by molar-refractivity contribution is -0.124. The van der Waals surface area contributed by atoms with E-state index >= 15 is 0 Å². The summed E-state index contributed by atoms with van der Waals surface area (Å²) in [6, 6.07) is 8.87. The van der Waals surface area contributed by atoms with Crippen LogP contribution in [0, 0.1) is 5.82 Å². The highest BCUT2D eigenvalue weighted by atomic mass is 35.5. The van der Waals surface area contributed by atoms with E-state index in [1.54, 1.807) is 0 Å². The van der Waals surface area contributed by atoms with Gasteiger partial charge in [-0.2, -0.15) is 0 Å². The van der Waals surface area contributed by atoms with Gasteiger partial charge in [0, 0.05) is 24.7 Å². The smallest absolute Gasteiger partial charge is 0.263 e. The Kier molecular flexibility index (Phi) is 10.1. The van der Waals surface area contributed by atoms with Gasteiger partial charge in [0.25, 0.3) is 18.2 Å². The Labute approximate surface area is 187 Å². The monoisotopic (exact) mass is 474 g/mol. The third-order valence-electron chi connectivity index (χ3n) is 4.10. The fourth-order valence-electron chi connectivity index (χ4n) is 2.39. The quantitative estimate of drug-likeness (QED) is 0.439. The highest BCUT2D eigenvalue weighted by Gasteiger charge is 2.11. The number of rotatable bonds is 12. The molecule has 0 aliphatic rings. The number of aliphatic hydroxyl groups excluding tert-OH is 1. The highest BCUT2D eigenvalue weighted by molar-refractivity contribution is 6.30. The van der Waals surface area contributed by atoms with Gasteiger partial charge in [0.05, 0.1) is 11.1 Å². The van der Waals surface area contributed by atoms with Gasteiger partial charge in [-0.15, -0.1) is 0 Å². The number of aliphatic hydroxyl groups is 1. The lowest BCUT2D eigenvalue weighted by Gasteiger charge is -2.13. The molecule has 0 aromatic heterocycles. The minimum Gasteiger partial charge on any atom is -0.484 e. The fraction of sp³-hybridized carbons (Fsp3) is 0.333. The molecule has 0 heterocycles. The lowest BCUT2D eigenvalue weighted by atomic mass is 10.2. The number of nitrogens with one attached hydrogen (secondary N) is 2. The Bertz CT molecular complexity index is 900. The van der Waals surface area contributed by atoms with Gasteiger partial charge in [-0.1, -0.05) is 11.6 Å². The van der Waals surface area contributed by atoms with E-state index in [9.17, 15) is 27.9 Å². The van der Waals surface area contributed by atoms with Crippen molar-refractivity contribution in [3.63, 3.8) is 0 Å². The van der Waals surface area contributed by atoms with Crippen molar-refractivity contribution >= 4 is 23.4 Å². The van der Waals surface area contributed by atoms with E-state index in [0.717, 1.165) is 6.07 Å². The zero-order valence-corrected chi connectivity index (χ0v) is 17.6. The average Bonchev–Trinajstić information content (AvgIpc) is 2.77. The predicted octanol–water partition coefficient (Wildman–Crippen LogP) is 2.86. The molecule has 2 aromatic rings. The van der Waals surface area contributed by atoms with Crippen LogP contribution < -0.4 is 20.1 Å². The van der Waals surface area contributed by atoms with E-state index < -0.39 is 30.2 Å². The van der Waals surface area contributed by atoms with Crippen molar-refractivity contribution in [2.45, 2.75) is 19.0 Å². The second-order valence-corrected chi connectivity index (χ2v) is 7.03. The maximum Gasteiger partial charge on any atom is 0.263 e. The third-order valence-corrected chi connectivity index (χ3v) is 4.40. The van der Waals surface area contributed by atoms with Gasteiger partial charge >= 0.3 is 0 Å². The first-order valence-electron chi connectivity index (χ1n) is 9.55. The molecule has 1 atom stereocenters. The van der Waals surface area contributed by atoms with Crippen LogP contribution in [0.15, 0.2) is 42.5 Å². The Balaban J connectivity index is 1.57. The normalized spacial score (nSPS) is 11.7. The van der Waals surface area contributed by atoms with Gasteiger partial charge in [-0.3, -0.25) is 9.59 Å². The van der Waals surface area contributed by atoms with Crippen molar-refractivity contribution in [1.82, 2.24) is 10.6 Å². The molecule has 0 saturated heterocycles. The van der Waals surface area contributed by atoms with E-state index in [4.69, 9.17) is 21.1 Å². The average molecular weight is 475 g/mol. The van der Waals surface area contributed by atoms with E-state index in [0.29, 0.717) is 0 Å². The standard InChI is InChI=1S/C21H22ClF3N2O5/c22-17-6-5-16(9-18(17)23)32-12-20(30)27-10-14(28)7-8-26-19(29)11-31-15-3-1-13(2-4-15)21(24)25/h1-6,9,14,21,28H,7-8,10-12H2,(H,26,29)(H,27,30)/t14-/m0/s1. The number of hydrogen-bond acceptors (Lipinski definition) is 5. The summed E-state index contributed by atoms with van der Waals surface area (Å²) in [4.78, 5) is 23.5. The SMILES string of the molecule is O=C(COc1ccc(C(F)F)cc1)NCC[C@H](O)CNC(=O)COc1ccc(Cl)c(F)c1. The number of alkyl halides is 2. The third kappa shape index (κ3) is 9.03. The Morgan fingerprint density at radius 3 is 2.19 bits per heavy atom. The van der Waals surface area contributed by atoms with Crippen molar-refractivity contribution in [1.29, 1.82) is 0 Å². The van der Waals surface area contributed by atoms with Gasteiger partial charge in [0.15, 0.2) is 13.2 Å². The van der Waals surface area contributed by atoms with Crippen LogP contribution in [0.25, 0.3) is 0 Å². The molecule has 2 amide bonds. The summed E-state index contributed by atoms with van der Waals surface area (Å²) in [5, 5.41) is 14.8. The topological polar surface area (TPSA) is 96.9 Å². The molecule has 0 bridgehead atoms. The van der Waals surface area contributed by atoms with Crippen molar-refractivity contribution in [2.24, 2.45) is 0 Å². The number of amides is 2. The van der Waals surface area contributed by atoms with Crippen LogP contribution >= 0.6 is 11.6 Å². The van der Waals surface area contributed by atoms with Gasteiger partial charge in [0.1, 0.15) is 17.3 Å². The molecule has 0 aliphatic carbocycles. The van der Waals surface area contributed by atoms with E-state index in [1.807, 2.05) is 0 Å². The minimum absolute atomic E-state index is 0.0629. The fourth-order valence-corrected chi connectivity index (χ4v) is 2.51. The molecule has 0 radical (unpaired) electrons. The first-order chi connectivity index (χ1) is 15.2. The zero-order valence-electron chi connectivity index (χ0n) is 16.8. The second-order valence-electron chi connectivity index (χ2n) is 6.62. The Morgan fingerprint density at radius 1 is 0.969 bits per heavy atom. The maximum atomic E-state index is 13.3. The van der Waals surface area contributed by atoms with Gasteiger partial charge < -0.3 is 25.2 Å². The molecule has 3 N–H and O–H groups in total. The number of carbonyl (C=O) groups excluding carboxylic acids is 2. The van der Waals surface area contributed by atoms with Crippen molar-refractivity contribution in [2.75, 3.05) is 26.3 Å². The Hall–Kier alpha value is -2.98. The van der Waals surface area contributed by atoms with E-state index in [1.165, 1.54) is 36.4 Å². The minimum atomic E-state index is -2.58. The van der Waals surface area contributed by atoms with E-state index in [2.05, 4.69) is 10.6 Å². The zero-order chi connectivity index (χ0) is 23.5. The first-order valence-corrected chi connectivity index (χ1v) is 9.92. The molecule has 0 spiro atoms. The van der Waals surface area contributed by atoms with Crippen LogP contribution in [0.1, 0.15) is 18.4 Å². The molecule has 11 heteroatoms. The maximum absolute atomic E-state index is 13.3. The van der Waals surface area contributed by atoms with Gasteiger partial charge in [0.2, 0.25) is 0 Å². The molecule has 2 rings (SSSR count). The molecule has 0 fully saturated rings. The number of carbonyl (C=O) groups is 2. The molecular formula is C21H22ClF3N2O5. The van der Waals surface area contributed by atoms with Crippen LogP contribution in [0.5, 0.6) is 11.5 Å². The Morgan fingerprint density at radius 2 is 1.56 bits per heavy atom. The summed E-state index contributed by atoms with van der Waals surface area (Å²) in [7, 11) is 0. The van der Waals surface area contributed by atoms with Crippen LogP contribution in [-0.2, 0) is 9.59 Å². The predicted molar refractivity (Wildman–Crippen MR) is 110 cm³/mol. The lowest BCUT2D eigenvalue weighted by Crippen LogP contribution is -2.37. The largest absolute Gasteiger partial charge is 0.484 e. The molecule has 0 aliphatic heterocycles. The summed E-state index contributed by atoms with van der Waals surface area (Å²) in [6.45, 7) is -0.631. The first kappa shape index (κ1) is 25.3. The number of hydrogen-bond donors (Lipinski definition) is 3.